The number of ketones is 1. The molecule has 0 atom stereocenters. The molecule has 1 aliphatic carbocycles. The van der Waals surface area contributed by atoms with Crippen LogP contribution in [0.3, 0.4) is 0 Å². The normalized spacial score (nSPS) is 16.0. The fourth-order valence-corrected chi connectivity index (χ4v) is 3.21. The number of rotatable bonds is 8. The van der Waals surface area contributed by atoms with Crippen LogP contribution in [0.2, 0.25) is 0 Å². The maximum Gasteiger partial charge on any atom is 0.329 e. The van der Waals surface area contributed by atoms with Crippen LogP contribution in [0.15, 0.2) is 24.3 Å². The topological polar surface area (TPSA) is 92.7 Å². The van der Waals surface area contributed by atoms with Gasteiger partial charge in [-0.25, -0.2) is 4.79 Å². The summed E-state index contributed by atoms with van der Waals surface area (Å²) < 4.78 is 5.05. The highest BCUT2D eigenvalue weighted by Crippen LogP contribution is 2.28. The van der Waals surface area contributed by atoms with Crippen LogP contribution in [0.25, 0.3) is 0 Å². The lowest BCUT2D eigenvalue weighted by Gasteiger charge is -2.34. The minimum Gasteiger partial charge on any atom is -0.497 e. The lowest BCUT2D eigenvalue weighted by molar-refractivity contribution is -0.149. The number of benzene rings is 1. The predicted molar refractivity (Wildman–Crippen MR) is 92.8 cm³/mol. The summed E-state index contributed by atoms with van der Waals surface area (Å²) in [4.78, 5) is 35.8. The lowest BCUT2D eigenvalue weighted by atomic mass is 9.81. The Morgan fingerprint density at radius 2 is 1.72 bits per heavy atom. The number of hydrogen-bond acceptors (Lipinski definition) is 4. The number of ether oxygens (including phenoxy) is 1. The first-order valence-electron chi connectivity index (χ1n) is 8.68. The monoisotopic (exact) mass is 347 g/mol. The Morgan fingerprint density at radius 1 is 1.08 bits per heavy atom. The molecule has 0 aromatic heterocycles. The number of hydrogen-bond donors (Lipinski definition) is 2. The zero-order valence-corrected chi connectivity index (χ0v) is 14.5. The first-order valence-corrected chi connectivity index (χ1v) is 8.68. The average Bonchev–Trinajstić information content (AvgIpc) is 2.62. The van der Waals surface area contributed by atoms with Crippen LogP contribution in [0.5, 0.6) is 5.75 Å². The second-order valence-corrected chi connectivity index (χ2v) is 6.50. The molecule has 1 saturated carbocycles. The summed E-state index contributed by atoms with van der Waals surface area (Å²) in [7, 11) is 1.56. The second kappa shape index (κ2) is 8.65. The maximum atomic E-state index is 12.1. The van der Waals surface area contributed by atoms with Crippen molar-refractivity contribution in [3.05, 3.63) is 29.8 Å². The molecule has 0 radical (unpaired) electrons. The van der Waals surface area contributed by atoms with Crippen molar-refractivity contribution in [1.29, 1.82) is 0 Å². The highest BCUT2D eigenvalue weighted by Gasteiger charge is 2.40. The van der Waals surface area contributed by atoms with Gasteiger partial charge in [0.15, 0.2) is 5.78 Å². The molecule has 0 heterocycles. The molecule has 0 bridgehead atoms. The Labute approximate surface area is 147 Å². The predicted octanol–water partition coefficient (Wildman–Crippen LogP) is 2.95. The van der Waals surface area contributed by atoms with Crippen LogP contribution >= 0.6 is 0 Å². The number of carboxylic acids is 1. The molecule has 1 aliphatic rings. The Morgan fingerprint density at radius 3 is 2.28 bits per heavy atom. The zero-order valence-electron chi connectivity index (χ0n) is 14.5. The van der Waals surface area contributed by atoms with E-state index in [0.29, 0.717) is 30.6 Å². The molecule has 25 heavy (non-hydrogen) atoms. The van der Waals surface area contributed by atoms with Gasteiger partial charge >= 0.3 is 5.97 Å². The Kier molecular flexibility index (Phi) is 6.56. The lowest BCUT2D eigenvalue weighted by Crippen LogP contribution is -2.55. The van der Waals surface area contributed by atoms with Crippen LogP contribution < -0.4 is 10.1 Å². The minimum absolute atomic E-state index is 0.0407. The maximum absolute atomic E-state index is 12.1. The van der Waals surface area contributed by atoms with Gasteiger partial charge in [0.05, 0.1) is 7.11 Å². The second-order valence-electron chi connectivity index (χ2n) is 6.50. The van der Waals surface area contributed by atoms with Crippen molar-refractivity contribution < 1.29 is 24.2 Å². The summed E-state index contributed by atoms with van der Waals surface area (Å²) in [5.41, 5.74) is -0.550. The number of carboxylic acid groups (broad SMARTS) is 1. The largest absolute Gasteiger partial charge is 0.497 e. The van der Waals surface area contributed by atoms with Gasteiger partial charge in [-0.05, 0) is 43.5 Å². The van der Waals surface area contributed by atoms with E-state index in [1.165, 1.54) is 0 Å². The molecule has 1 amide bonds. The van der Waals surface area contributed by atoms with Gasteiger partial charge in [-0.2, -0.15) is 0 Å². The highest BCUT2D eigenvalue weighted by atomic mass is 16.5. The van der Waals surface area contributed by atoms with Gasteiger partial charge in [0.2, 0.25) is 5.91 Å². The number of carbonyl (C=O) groups is 3. The van der Waals surface area contributed by atoms with Crippen molar-refractivity contribution in [3.63, 3.8) is 0 Å². The first-order chi connectivity index (χ1) is 12.0. The molecule has 0 unspecified atom stereocenters. The number of methoxy groups -OCH3 is 1. The molecule has 136 valence electrons. The van der Waals surface area contributed by atoms with Crippen molar-refractivity contribution in [3.8, 4) is 5.75 Å². The highest BCUT2D eigenvalue weighted by molar-refractivity contribution is 5.96. The molecule has 6 heteroatoms. The quantitative estimate of drug-likeness (QED) is 0.705. The van der Waals surface area contributed by atoms with E-state index in [-0.39, 0.29) is 24.5 Å². The molecule has 0 saturated heterocycles. The number of Topliss-reactive ketones (excluding diaryl/α,β-unsaturated/α-hetero) is 1. The molecule has 1 aromatic carbocycles. The molecule has 0 aliphatic heterocycles. The van der Waals surface area contributed by atoms with Crippen LogP contribution in [0.4, 0.5) is 0 Å². The van der Waals surface area contributed by atoms with Gasteiger partial charge in [0.25, 0.3) is 0 Å². The summed E-state index contributed by atoms with van der Waals surface area (Å²) in [5, 5.41) is 12.2. The van der Waals surface area contributed by atoms with E-state index in [9.17, 15) is 19.5 Å². The molecule has 2 rings (SSSR count). The van der Waals surface area contributed by atoms with Crippen LogP contribution in [-0.4, -0.2) is 35.4 Å². The van der Waals surface area contributed by atoms with Crippen molar-refractivity contribution in [2.45, 2.75) is 56.9 Å². The molecular formula is C19H25NO5. The van der Waals surface area contributed by atoms with E-state index in [2.05, 4.69) is 5.32 Å². The van der Waals surface area contributed by atoms with Gasteiger partial charge in [0.1, 0.15) is 11.3 Å². The molecule has 1 fully saturated rings. The summed E-state index contributed by atoms with van der Waals surface area (Å²) >= 11 is 0. The number of nitrogens with one attached hydrogen (secondary N) is 1. The van der Waals surface area contributed by atoms with E-state index in [4.69, 9.17) is 4.74 Å². The van der Waals surface area contributed by atoms with E-state index in [1.54, 1.807) is 31.4 Å². The third kappa shape index (κ3) is 5.05. The van der Waals surface area contributed by atoms with E-state index < -0.39 is 11.5 Å². The Balaban J connectivity index is 1.81. The van der Waals surface area contributed by atoms with Gasteiger partial charge in [-0.3, -0.25) is 9.59 Å². The van der Waals surface area contributed by atoms with Gasteiger partial charge in [0, 0.05) is 18.4 Å². The fraction of sp³-hybridized carbons (Fsp3) is 0.526. The van der Waals surface area contributed by atoms with E-state index in [1.807, 2.05) is 0 Å². The van der Waals surface area contributed by atoms with Gasteiger partial charge in [-0.1, -0.05) is 19.3 Å². The number of amides is 1. The van der Waals surface area contributed by atoms with Crippen LogP contribution in [0, 0.1) is 0 Å². The fourth-order valence-electron chi connectivity index (χ4n) is 3.21. The van der Waals surface area contributed by atoms with Crippen molar-refractivity contribution in [2.75, 3.05) is 7.11 Å². The third-order valence-corrected chi connectivity index (χ3v) is 4.71. The standard InChI is InChI=1S/C19H25NO5/c1-25-15-10-8-14(9-11-15)16(21)6-5-7-17(22)20-19(18(23)24)12-3-2-4-13-19/h8-11H,2-7,12-13H2,1H3,(H,20,22)(H,23,24). The average molecular weight is 347 g/mol. The smallest absolute Gasteiger partial charge is 0.329 e. The number of aliphatic carboxylic acids is 1. The van der Waals surface area contributed by atoms with Crippen molar-refractivity contribution >= 4 is 17.7 Å². The molecule has 0 spiro atoms. The first kappa shape index (κ1) is 19.0. The summed E-state index contributed by atoms with van der Waals surface area (Å²) in [5.74, 6) is -0.620. The molecular weight excluding hydrogens is 322 g/mol. The summed E-state index contributed by atoms with van der Waals surface area (Å²) in [6, 6.07) is 6.84. The molecule has 6 nitrogen and oxygen atoms in total. The third-order valence-electron chi connectivity index (χ3n) is 4.71. The van der Waals surface area contributed by atoms with E-state index >= 15 is 0 Å². The van der Waals surface area contributed by atoms with Gasteiger partial charge in [-0.15, -0.1) is 0 Å². The zero-order chi connectivity index (χ0) is 18.3. The molecule has 1 aromatic rings. The van der Waals surface area contributed by atoms with Crippen molar-refractivity contribution in [2.24, 2.45) is 0 Å². The Bertz CT molecular complexity index is 617. The molecule has 2 N–H and O–H groups in total. The minimum atomic E-state index is -1.13. The Hall–Kier alpha value is -2.37. The van der Waals surface area contributed by atoms with Crippen LogP contribution in [0.1, 0.15) is 61.7 Å². The van der Waals surface area contributed by atoms with Crippen LogP contribution in [-0.2, 0) is 9.59 Å². The van der Waals surface area contributed by atoms with E-state index in [0.717, 1.165) is 19.3 Å². The van der Waals surface area contributed by atoms with Gasteiger partial charge < -0.3 is 15.2 Å². The SMILES string of the molecule is COc1ccc(C(=O)CCCC(=O)NC2(C(=O)O)CCCCC2)cc1. The van der Waals surface area contributed by atoms with Crippen molar-refractivity contribution in [1.82, 2.24) is 5.32 Å². The summed E-state index contributed by atoms with van der Waals surface area (Å²) in [6.07, 6.45) is 4.35. The number of carbonyl (C=O) groups excluding carboxylic acids is 2. The summed E-state index contributed by atoms with van der Waals surface area (Å²) in [6.45, 7) is 0.